The second-order valence-electron chi connectivity index (χ2n) is 8.19. The molecule has 0 saturated carbocycles. The quantitative estimate of drug-likeness (QED) is 0.746. The molecule has 0 aromatic carbocycles. The van der Waals surface area contributed by atoms with Crippen LogP contribution in [0.3, 0.4) is 0 Å². The average molecular weight is 387 g/mol. The summed E-state index contributed by atoms with van der Waals surface area (Å²) in [4.78, 5) is 26.1. The first kappa shape index (κ1) is 20.2. The van der Waals surface area contributed by atoms with Gasteiger partial charge in [0.15, 0.2) is 0 Å². The van der Waals surface area contributed by atoms with Gasteiger partial charge in [-0.25, -0.2) is 14.1 Å². The second-order valence-corrected chi connectivity index (χ2v) is 8.19. The molecule has 0 unspecified atom stereocenters. The van der Waals surface area contributed by atoms with E-state index >= 15 is 0 Å². The van der Waals surface area contributed by atoms with Gasteiger partial charge < -0.3 is 14.4 Å². The Morgan fingerprint density at radius 3 is 2.50 bits per heavy atom. The largest absolute Gasteiger partial charge is 0.462 e. The number of hydrogen-bond donors (Lipinski definition) is 0. The molecule has 0 atom stereocenters. The van der Waals surface area contributed by atoms with Crippen molar-refractivity contribution in [2.24, 2.45) is 0 Å². The van der Waals surface area contributed by atoms with Crippen LogP contribution in [0.25, 0.3) is 5.52 Å². The van der Waals surface area contributed by atoms with E-state index in [-0.39, 0.29) is 12.1 Å². The molecular weight excluding hydrogens is 358 g/mol. The molecule has 0 N–H and O–H groups in total. The SMILES string of the molecule is CCOC(=O)c1cnn2c(C)c(C3CCN(C(=O)OC(C)(C)C)CC3)ccc12. The van der Waals surface area contributed by atoms with E-state index in [0.29, 0.717) is 31.2 Å². The molecule has 7 nitrogen and oxygen atoms in total. The third-order valence-corrected chi connectivity index (χ3v) is 5.04. The molecule has 3 rings (SSSR count). The molecule has 2 aromatic rings. The molecule has 2 aromatic heterocycles. The van der Waals surface area contributed by atoms with Gasteiger partial charge in [-0.3, -0.25) is 0 Å². The van der Waals surface area contributed by atoms with Gasteiger partial charge in [-0.2, -0.15) is 5.10 Å². The fourth-order valence-electron chi connectivity index (χ4n) is 3.69. The predicted molar refractivity (Wildman–Crippen MR) is 106 cm³/mol. The van der Waals surface area contributed by atoms with Crippen LogP contribution in [-0.4, -0.2) is 51.9 Å². The van der Waals surface area contributed by atoms with Crippen LogP contribution in [0.4, 0.5) is 4.79 Å². The van der Waals surface area contributed by atoms with Crippen molar-refractivity contribution in [2.75, 3.05) is 19.7 Å². The highest BCUT2D eigenvalue weighted by Gasteiger charge is 2.28. The van der Waals surface area contributed by atoms with E-state index in [1.54, 1.807) is 18.0 Å². The summed E-state index contributed by atoms with van der Waals surface area (Å²) < 4.78 is 12.4. The number of amides is 1. The molecule has 152 valence electrons. The number of carbonyl (C=O) groups excluding carboxylic acids is 2. The summed E-state index contributed by atoms with van der Waals surface area (Å²) in [5, 5.41) is 4.39. The molecule has 0 aliphatic carbocycles. The minimum absolute atomic E-state index is 0.246. The number of aromatic nitrogens is 2. The number of pyridine rings is 1. The van der Waals surface area contributed by atoms with Crippen molar-refractivity contribution in [1.29, 1.82) is 0 Å². The monoisotopic (exact) mass is 387 g/mol. The number of ether oxygens (including phenoxy) is 2. The van der Waals surface area contributed by atoms with Gasteiger partial charge in [0.25, 0.3) is 0 Å². The number of rotatable bonds is 3. The lowest BCUT2D eigenvalue weighted by Crippen LogP contribution is -2.41. The Labute approximate surface area is 165 Å². The number of hydrogen-bond acceptors (Lipinski definition) is 5. The zero-order chi connectivity index (χ0) is 20.5. The maximum absolute atomic E-state index is 12.3. The first-order valence-electron chi connectivity index (χ1n) is 9.83. The summed E-state index contributed by atoms with van der Waals surface area (Å²) in [5.41, 5.74) is 2.98. The van der Waals surface area contributed by atoms with E-state index in [1.165, 1.54) is 5.56 Å². The van der Waals surface area contributed by atoms with E-state index in [2.05, 4.69) is 11.2 Å². The van der Waals surface area contributed by atoms with Gasteiger partial charge in [-0.1, -0.05) is 6.07 Å². The summed E-state index contributed by atoms with van der Waals surface area (Å²) in [6.07, 6.45) is 3.06. The maximum Gasteiger partial charge on any atom is 0.410 e. The zero-order valence-electron chi connectivity index (χ0n) is 17.3. The van der Waals surface area contributed by atoms with Crippen LogP contribution in [0.5, 0.6) is 0 Å². The molecule has 1 aliphatic heterocycles. The summed E-state index contributed by atoms with van der Waals surface area (Å²) in [7, 11) is 0. The minimum atomic E-state index is -0.480. The number of nitrogens with zero attached hydrogens (tertiary/aromatic N) is 3. The molecule has 1 aliphatic rings. The van der Waals surface area contributed by atoms with Crippen LogP contribution in [0.1, 0.15) is 68.1 Å². The van der Waals surface area contributed by atoms with Crippen molar-refractivity contribution in [1.82, 2.24) is 14.5 Å². The first-order valence-corrected chi connectivity index (χ1v) is 9.83. The summed E-state index contributed by atoms with van der Waals surface area (Å²) >= 11 is 0. The molecule has 0 bridgehead atoms. The van der Waals surface area contributed by atoms with Crippen molar-refractivity contribution < 1.29 is 19.1 Å². The summed E-state index contributed by atoms with van der Waals surface area (Å²) in [6, 6.07) is 4.00. The zero-order valence-corrected chi connectivity index (χ0v) is 17.3. The van der Waals surface area contributed by atoms with Gasteiger partial charge >= 0.3 is 12.1 Å². The maximum atomic E-state index is 12.3. The lowest BCUT2D eigenvalue weighted by molar-refractivity contribution is 0.0204. The third kappa shape index (κ3) is 4.13. The number of fused-ring (bicyclic) bond motifs is 1. The first-order chi connectivity index (χ1) is 13.2. The second kappa shape index (κ2) is 7.81. The molecular formula is C21H29N3O4. The molecule has 3 heterocycles. The van der Waals surface area contributed by atoms with Crippen LogP contribution in [0, 0.1) is 6.92 Å². The number of aryl methyl sites for hydroxylation is 1. The van der Waals surface area contributed by atoms with E-state index in [1.807, 2.05) is 38.3 Å². The van der Waals surface area contributed by atoms with Crippen molar-refractivity contribution >= 4 is 17.6 Å². The van der Waals surface area contributed by atoms with Gasteiger partial charge in [-0.15, -0.1) is 0 Å². The summed E-state index contributed by atoms with van der Waals surface area (Å²) in [5.74, 6) is -0.00588. The molecule has 0 radical (unpaired) electrons. The number of esters is 1. The number of carbonyl (C=O) groups is 2. The average Bonchev–Trinajstić information content (AvgIpc) is 3.06. The van der Waals surface area contributed by atoms with Crippen LogP contribution in [0.15, 0.2) is 18.3 Å². The van der Waals surface area contributed by atoms with E-state index in [4.69, 9.17) is 9.47 Å². The fraction of sp³-hybridized carbons (Fsp3) is 0.571. The Kier molecular flexibility index (Phi) is 5.63. The lowest BCUT2D eigenvalue weighted by Gasteiger charge is -2.34. The van der Waals surface area contributed by atoms with Crippen LogP contribution >= 0.6 is 0 Å². The molecule has 7 heteroatoms. The number of likely N-dealkylation sites (tertiary alicyclic amines) is 1. The van der Waals surface area contributed by atoms with Crippen molar-refractivity contribution in [3.8, 4) is 0 Å². The summed E-state index contributed by atoms with van der Waals surface area (Å²) in [6.45, 7) is 11.1. The molecule has 1 fully saturated rings. The highest BCUT2D eigenvalue weighted by Crippen LogP contribution is 2.31. The van der Waals surface area contributed by atoms with Crippen LogP contribution in [0.2, 0.25) is 0 Å². The molecule has 28 heavy (non-hydrogen) atoms. The van der Waals surface area contributed by atoms with E-state index < -0.39 is 5.60 Å². The topological polar surface area (TPSA) is 73.1 Å². The van der Waals surface area contributed by atoms with E-state index in [9.17, 15) is 9.59 Å². The Balaban J connectivity index is 1.74. The smallest absolute Gasteiger partial charge is 0.410 e. The van der Waals surface area contributed by atoms with Gasteiger partial charge in [0, 0.05) is 18.8 Å². The Morgan fingerprint density at radius 1 is 1.21 bits per heavy atom. The van der Waals surface area contributed by atoms with Crippen molar-refractivity contribution in [3.05, 3.63) is 35.2 Å². The van der Waals surface area contributed by atoms with Gasteiger partial charge in [0.1, 0.15) is 11.2 Å². The number of piperidine rings is 1. The van der Waals surface area contributed by atoms with Crippen molar-refractivity contribution in [2.45, 2.75) is 59.0 Å². The minimum Gasteiger partial charge on any atom is -0.462 e. The molecule has 0 spiro atoms. The van der Waals surface area contributed by atoms with Crippen LogP contribution in [-0.2, 0) is 9.47 Å². The lowest BCUT2D eigenvalue weighted by atomic mass is 9.88. The van der Waals surface area contributed by atoms with E-state index in [0.717, 1.165) is 24.1 Å². The highest BCUT2D eigenvalue weighted by molar-refractivity contribution is 5.96. The normalized spacial score (nSPS) is 15.7. The predicted octanol–water partition coefficient (Wildman–Crippen LogP) is 3.93. The third-order valence-electron chi connectivity index (χ3n) is 5.04. The van der Waals surface area contributed by atoms with Gasteiger partial charge in [0.05, 0.1) is 18.3 Å². The Hall–Kier alpha value is -2.57. The molecule has 1 saturated heterocycles. The standard InChI is InChI=1S/C21H29N3O4/c1-6-27-19(25)17-13-22-24-14(2)16(7-8-18(17)24)15-9-11-23(12-10-15)20(26)28-21(3,4)5/h7-8,13,15H,6,9-12H2,1-5H3. The Morgan fingerprint density at radius 2 is 1.89 bits per heavy atom. The van der Waals surface area contributed by atoms with Gasteiger partial charge in [-0.05, 0) is 65.0 Å². The fourth-order valence-corrected chi connectivity index (χ4v) is 3.69. The highest BCUT2D eigenvalue weighted by atomic mass is 16.6. The molecule has 1 amide bonds. The Bertz CT molecular complexity index is 874. The van der Waals surface area contributed by atoms with Crippen molar-refractivity contribution in [3.63, 3.8) is 0 Å². The van der Waals surface area contributed by atoms with Gasteiger partial charge in [0.2, 0.25) is 0 Å². The van der Waals surface area contributed by atoms with Crippen LogP contribution < -0.4 is 0 Å².